The van der Waals surface area contributed by atoms with Crippen LogP contribution in [0.3, 0.4) is 0 Å². The predicted molar refractivity (Wildman–Crippen MR) is 72.3 cm³/mol. The van der Waals surface area contributed by atoms with Crippen LogP contribution in [0.4, 0.5) is 11.6 Å². The third-order valence-electron chi connectivity index (χ3n) is 2.36. The highest BCUT2D eigenvalue weighted by Gasteiger charge is 2.00. The van der Waals surface area contributed by atoms with Crippen molar-refractivity contribution < 1.29 is 0 Å². The molecular formula is C12H23N5. The Morgan fingerprint density at radius 3 is 2.24 bits per heavy atom. The molecule has 0 spiro atoms. The minimum absolute atomic E-state index is 0.693. The molecule has 96 valence electrons. The number of aromatic nitrogens is 2. The Balaban J connectivity index is 2.53. The van der Waals surface area contributed by atoms with Crippen molar-refractivity contribution in [3.8, 4) is 0 Å². The summed E-state index contributed by atoms with van der Waals surface area (Å²) < 4.78 is 0. The van der Waals surface area contributed by atoms with Crippen LogP contribution in [-0.4, -0.2) is 29.6 Å². The second kappa shape index (κ2) is 7.84. The van der Waals surface area contributed by atoms with Gasteiger partial charge in [-0.15, -0.1) is 0 Å². The number of anilines is 2. The summed E-state index contributed by atoms with van der Waals surface area (Å²) in [5.41, 5.74) is 5.45. The van der Waals surface area contributed by atoms with Crippen LogP contribution in [0.1, 0.15) is 32.0 Å². The van der Waals surface area contributed by atoms with Gasteiger partial charge in [-0.2, -0.15) is 0 Å². The van der Waals surface area contributed by atoms with Crippen LogP contribution < -0.4 is 16.4 Å². The quantitative estimate of drug-likeness (QED) is 0.601. The summed E-state index contributed by atoms with van der Waals surface area (Å²) in [6.07, 6.45) is 3.28. The van der Waals surface area contributed by atoms with Gasteiger partial charge in [-0.1, -0.05) is 13.3 Å². The van der Waals surface area contributed by atoms with Gasteiger partial charge in [0.1, 0.15) is 17.5 Å². The topological polar surface area (TPSA) is 75.9 Å². The fourth-order valence-corrected chi connectivity index (χ4v) is 1.46. The highest BCUT2D eigenvalue weighted by atomic mass is 15.1. The van der Waals surface area contributed by atoms with Crippen LogP contribution in [0.25, 0.3) is 0 Å². The number of rotatable bonds is 8. The Morgan fingerprint density at radius 2 is 1.71 bits per heavy atom. The molecule has 0 fully saturated rings. The van der Waals surface area contributed by atoms with Gasteiger partial charge < -0.3 is 16.4 Å². The van der Waals surface area contributed by atoms with E-state index in [1.54, 1.807) is 0 Å². The van der Waals surface area contributed by atoms with Gasteiger partial charge in [0.15, 0.2) is 0 Å². The van der Waals surface area contributed by atoms with E-state index in [9.17, 15) is 0 Å². The largest absolute Gasteiger partial charge is 0.370 e. The van der Waals surface area contributed by atoms with Crippen LogP contribution in [0, 0.1) is 6.92 Å². The maximum Gasteiger partial charge on any atom is 0.131 e. The summed E-state index contributed by atoms with van der Waals surface area (Å²) in [5, 5.41) is 6.55. The minimum atomic E-state index is 0.693. The number of nitrogens with two attached hydrogens (primary N) is 1. The van der Waals surface area contributed by atoms with Crippen LogP contribution in [-0.2, 0) is 0 Å². The standard InChI is InChI=1S/C12H23N5/c1-3-4-7-14-11-9-12(15-8-5-6-13)17-10(2)16-11/h9H,3-8,13H2,1-2H3,(H2,14,15,16,17). The summed E-state index contributed by atoms with van der Waals surface area (Å²) in [4.78, 5) is 8.68. The maximum atomic E-state index is 5.45. The summed E-state index contributed by atoms with van der Waals surface area (Å²) >= 11 is 0. The van der Waals surface area contributed by atoms with E-state index >= 15 is 0 Å². The number of hydrogen-bond acceptors (Lipinski definition) is 5. The molecule has 0 aromatic carbocycles. The van der Waals surface area contributed by atoms with Gasteiger partial charge in [0.25, 0.3) is 0 Å². The Kier molecular flexibility index (Phi) is 6.32. The van der Waals surface area contributed by atoms with E-state index in [0.717, 1.165) is 43.4 Å². The lowest BCUT2D eigenvalue weighted by Crippen LogP contribution is -2.11. The van der Waals surface area contributed by atoms with Crippen molar-refractivity contribution in [1.82, 2.24) is 9.97 Å². The Morgan fingerprint density at radius 1 is 1.12 bits per heavy atom. The monoisotopic (exact) mass is 237 g/mol. The molecule has 5 nitrogen and oxygen atoms in total. The van der Waals surface area contributed by atoms with Crippen molar-refractivity contribution in [2.75, 3.05) is 30.3 Å². The van der Waals surface area contributed by atoms with Crippen molar-refractivity contribution in [3.05, 3.63) is 11.9 Å². The van der Waals surface area contributed by atoms with Crippen molar-refractivity contribution in [2.24, 2.45) is 5.73 Å². The Hall–Kier alpha value is -1.36. The first kappa shape index (κ1) is 13.7. The molecule has 0 atom stereocenters. The first-order valence-corrected chi connectivity index (χ1v) is 6.29. The normalized spacial score (nSPS) is 10.3. The molecule has 0 unspecified atom stereocenters. The van der Waals surface area contributed by atoms with E-state index in [0.29, 0.717) is 6.54 Å². The lowest BCUT2D eigenvalue weighted by molar-refractivity contribution is 0.828. The summed E-state index contributed by atoms with van der Waals surface area (Å²) in [5.74, 6) is 2.54. The molecule has 1 aromatic heterocycles. The Labute approximate surface area is 103 Å². The number of aryl methyl sites for hydroxylation is 1. The number of nitrogens with zero attached hydrogens (tertiary/aromatic N) is 2. The van der Waals surface area contributed by atoms with Crippen molar-refractivity contribution in [2.45, 2.75) is 33.1 Å². The third kappa shape index (κ3) is 5.49. The highest BCUT2D eigenvalue weighted by molar-refractivity contribution is 5.47. The molecule has 0 amide bonds. The van der Waals surface area contributed by atoms with E-state index in [4.69, 9.17) is 5.73 Å². The van der Waals surface area contributed by atoms with E-state index in [1.807, 2.05) is 13.0 Å². The molecule has 1 heterocycles. The molecular weight excluding hydrogens is 214 g/mol. The molecule has 0 radical (unpaired) electrons. The molecule has 0 aliphatic rings. The molecule has 0 saturated heterocycles. The van der Waals surface area contributed by atoms with Gasteiger partial charge in [-0.25, -0.2) is 9.97 Å². The second-order valence-corrected chi connectivity index (χ2v) is 4.03. The van der Waals surface area contributed by atoms with Crippen molar-refractivity contribution in [1.29, 1.82) is 0 Å². The Bertz CT molecular complexity index is 298. The fraction of sp³-hybridized carbons (Fsp3) is 0.667. The van der Waals surface area contributed by atoms with Gasteiger partial charge in [0.05, 0.1) is 0 Å². The minimum Gasteiger partial charge on any atom is -0.370 e. The second-order valence-electron chi connectivity index (χ2n) is 4.03. The molecule has 0 saturated carbocycles. The van der Waals surface area contributed by atoms with E-state index in [2.05, 4.69) is 27.5 Å². The van der Waals surface area contributed by atoms with Crippen LogP contribution >= 0.6 is 0 Å². The number of unbranched alkanes of at least 4 members (excludes halogenated alkanes) is 1. The SMILES string of the molecule is CCCCNc1cc(NCCCN)nc(C)n1. The van der Waals surface area contributed by atoms with Crippen molar-refractivity contribution >= 4 is 11.6 Å². The molecule has 1 rings (SSSR count). The van der Waals surface area contributed by atoms with Crippen LogP contribution in [0.5, 0.6) is 0 Å². The maximum absolute atomic E-state index is 5.45. The van der Waals surface area contributed by atoms with Gasteiger partial charge >= 0.3 is 0 Å². The number of hydrogen-bond donors (Lipinski definition) is 3. The zero-order chi connectivity index (χ0) is 12.5. The van der Waals surface area contributed by atoms with Crippen LogP contribution in [0.2, 0.25) is 0 Å². The summed E-state index contributed by atoms with van der Waals surface area (Å²) in [6.45, 7) is 6.57. The van der Waals surface area contributed by atoms with Crippen molar-refractivity contribution in [3.63, 3.8) is 0 Å². The molecule has 0 bridgehead atoms. The van der Waals surface area contributed by atoms with E-state index < -0.39 is 0 Å². The van der Waals surface area contributed by atoms with Gasteiger partial charge in [0.2, 0.25) is 0 Å². The van der Waals surface area contributed by atoms with E-state index in [1.165, 1.54) is 6.42 Å². The fourth-order valence-electron chi connectivity index (χ4n) is 1.46. The molecule has 17 heavy (non-hydrogen) atoms. The summed E-state index contributed by atoms with van der Waals surface area (Å²) in [7, 11) is 0. The zero-order valence-corrected chi connectivity index (χ0v) is 10.8. The average molecular weight is 237 g/mol. The highest BCUT2D eigenvalue weighted by Crippen LogP contribution is 2.11. The predicted octanol–water partition coefficient (Wildman–Crippen LogP) is 1.76. The first-order chi connectivity index (χ1) is 8.26. The summed E-state index contributed by atoms with van der Waals surface area (Å²) in [6, 6.07) is 1.94. The molecule has 1 aromatic rings. The lowest BCUT2D eigenvalue weighted by atomic mass is 10.3. The van der Waals surface area contributed by atoms with Gasteiger partial charge in [-0.3, -0.25) is 0 Å². The molecule has 0 aliphatic carbocycles. The van der Waals surface area contributed by atoms with Gasteiger partial charge in [-0.05, 0) is 26.3 Å². The molecule has 5 heteroatoms. The van der Waals surface area contributed by atoms with Crippen LogP contribution in [0.15, 0.2) is 6.07 Å². The number of nitrogens with one attached hydrogen (secondary N) is 2. The van der Waals surface area contributed by atoms with E-state index in [-0.39, 0.29) is 0 Å². The average Bonchev–Trinajstić information content (AvgIpc) is 2.29. The third-order valence-corrected chi connectivity index (χ3v) is 2.36. The smallest absolute Gasteiger partial charge is 0.131 e. The molecule has 4 N–H and O–H groups in total. The lowest BCUT2D eigenvalue weighted by Gasteiger charge is -2.09. The molecule has 0 aliphatic heterocycles. The first-order valence-electron chi connectivity index (χ1n) is 6.29. The zero-order valence-electron chi connectivity index (χ0n) is 10.8. The van der Waals surface area contributed by atoms with Gasteiger partial charge in [0, 0.05) is 19.2 Å².